The van der Waals surface area contributed by atoms with Crippen molar-refractivity contribution in [3.8, 4) is 5.75 Å². The second-order valence-corrected chi connectivity index (χ2v) is 3.94. The molecule has 0 saturated carbocycles. The molecule has 1 unspecified atom stereocenters. The highest BCUT2D eigenvalue weighted by Gasteiger charge is 2.19. The summed E-state index contributed by atoms with van der Waals surface area (Å²) in [5.74, 6) is 0.242. The zero-order chi connectivity index (χ0) is 9.42. The molecule has 4 heteroatoms. The van der Waals surface area contributed by atoms with Crippen LogP contribution in [0.5, 0.6) is 5.75 Å². The van der Waals surface area contributed by atoms with Crippen LogP contribution >= 0.6 is 28.6 Å². The van der Waals surface area contributed by atoms with Gasteiger partial charge in [-0.1, -0.05) is 17.7 Å². The summed E-state index contributed by atoms with van der Waals surface area (Å²) in [6, 6.07) is 3.91. The van der Waals surface area contributed by atoms with Crippen molar-refractivity contribution in [3.63, 3.8) is 0 Å². The van der Waals surface area contributed by atoms with Gasteiger partial charge in [0, 0.05) is 6.04 Å². The van der Waals surface area contributed by atoms with E-state index in [4.69, 9.17) is 17.3 Å². The molecule has 3 N–H and O–H groups in total. The quantitative estimate of drug-likeness (QED) is 0.766. The van der Waals surface area contributed by atoms with E-state index in [2.05, 4.69) is 0 Å². The molecule has 1 aliphatic carbocycles. The van der Waals surface area contributed by atoms with E-state index in [0.717, 1.165) is 30.4 Å². The molecule has 0 radical (unpaired) electrons. The first kappa shape index (κ1) is 11.8. The Labute approximate surface area is 98.8 Å². The van der Waals surface area contributed by atoms with Crippen LogP contribution in [0.2, 0.25) is 5.02 Å². The van der Waals surface area contributed by atoms with Gasteiger partial charge in [-0.3, -0.25) is 0 Å². The maximum absolute atomic E-state index is 9.66. The Kier molecular flexibility index (Phi) is 3.81. The van der Waals surface area contributed by atoms with Crippen molar-refractivity contribution in [2.24, 2.45) is 5.73 Å². The number of rotatable bonds is 0. The van der Waals surface area contributed by atoms with Gasteiger partial charge in [0.2, 0.25) is 0 Å². The number of hydrogen-bond acceptors (Lipinski definition) is 2. The first-order chi connectivity index (χ1) is 6.18. The zero-order valence-electron chi connectivity index (χ0n) is 7.66. The lowest BCUT2D eigenvalue weighted by molar-refractivity contribution is 0.457. The van der Waals surface area contributed by atoms with Gasteiger partial charge < -0.3 is 10.8 Å². The van der Waals surface area contributed by atoms with Crippen LogP contribution in [0.25, 0.3) is 0 Å². The smallest absolute Gasteiger partial charge is 0.137 e. The third-order valence-electron chi connectivity index (χ3n) is 2.58. The minimum atomic E-state index is 0. The first-order valence-corrected chi connectivity index (χ1v) is 4.81. The van der Waals surface area contributed by atoms with Crippen molar-refractivity contribution in [3.05, 3.63) is 28.3 Å². The second-order valence-electron chi connectivity index (χ2n) is 3.54. The Hall–Kier alpha value is -0.250. The second kappa shape index (κ2) is 4.51. The van der Waals surface area contributed by atoms with Crippen LogP contribution in [0.1, 0.15) is 17.5 Å². The molecule has 78 valence electrons. The Morgan fingerprint density at radius 1 is 1.43 bits per heavy atom. The topological polar surface area (TPSA) is 46.2 Å². The van der Waals surface area contributed by atoms with Gasteiger partial charge in [-0.2, -0.15) is 0 Å². The summed E-state index contributed by atoms with van der Waals surface area (Å²) in [7, 11) is 0. The molecular formula is C10H13BrClNO. The van der Waals surface area contributed by atoms with Crippen molar-refractivity contribution < 1.29 is 5.11 Å². The van der Waals surface area contributed by atoms with Gasteiger partial charge in [0.05, 0.1) is 5.02 Å². The van der Waals surface area contributed by atoms with Crippen molar-refractivity contribution >= 4 is 28.6 Å². The summed E-state index contributed by atoms with van der Waals surface area (Å²) in [5, 5.41) is 10.1. The monoisotopic (exact) mass is 277 g/mol. The van der Waals surface area contributed by atoms with Crippen LogP contribution in [-0.4, -0.2) is 11.1 Å². The molecule has 0 aromatic heterocycles. The number of phenols is 1. The lowest BCUT2D eigenvalue weighted by atomic mass is 9.88. The summed E-state index contributed by atoms with van der Waals surface area (Å²) in [6.45, 7) is 0. The van der Waals surface area contributed by atoms with Gasteiger partial charge in [-0.05, 0) is 36.5 Å². The SMILES string of the molecule is Br.NC1CCc2c(ccc(Cl)c2O)C1. The van der Waals surface area contributed by atoms with E-state index in [0.29, 0.717) is 5.02 Å². The summed E-state index contributed by atoms with van der Waals surface area (Å²) < 4.78 is 0. The van der Waals surface area contributed by atoms with Crippen molar-refractivity contribution in [1.82, 2.24) is 0 Å². The Balaban J connectivity index is 0.000000980. The molecule has 0 heterocycles. The average molecular weight is 279 g/mol. The first-order valence-electron chi connectivity index (χ1n) is 4.43. The number of aromatic hydroxyl groups is 1. The number of hydrogen-bond donors (Lipinski definition) is 2. The summed E-state index contributed by atoms with van der Waals surface area (Å²) in [6.07, 6.45) is 2.61. The molecule has 1 aromatic carbocycles. The third kappa shape index (κ3) is 2.05. The molecule has 1 aliphatic rings. The van der Waals surface area contributed by atoms with Gasteiger partial charge in [0.1, 0.15) is 5.75 Å². The van der Waals surface area contributed by atoms with E-state index in [1.165, 1.54) is 0 Å². The summed E-state index contributed by atoms with van der Waals surface area (Å²) >= 11 is 5.80. The van der Waals surface area contributed by atoms with Crippen molar-refractivity contribution in [1.29, 1.82) is 0 Å². The minimum Gasteiger partial charge on any atom is -0.506 e. The molecule has 0 aliphatic heterocycles. The largest absolute Gasteiger partial charge is 0.506 e. The molecular weight excluding hydrogens is 265 g/mol. The maximum atomic E-state index is 9.66. The lowest BCUT2D eigenvalue weighted by Gasteiger charge is -2.22. The highest BCUT2D eigenvalue weighted by molar-refractivity contribution is 8.93. The van der Waals surface area contributed by atoms with Crippen LogP contribution in [0, 0.1) is 0 Å². The number of benzene rings is 1. The molecule has 2 nitrogen and oxygen atoms in total. The third-order valence-corrected chi connectivity index (χ3v) is 2.88. The lowest BCUT2D eigenvalue weighted by Crippen LogP contribution is -2.27. The van der Waals surface area contributed by atoms with Crippen molar-refractivity contribution in [2.75, 3.05) is 0 Å². The highest BCUT2D eigenvalue weighted by atomic mass is 79.9. The number of fused-ring (bicyclic) bond motifs is 1. The Morgan fingerprint density at radius 3 is 2.86 bits per heavy atom. The van der Waals surface area contributed by atoms with Crippen LogP contribution < -0.4 is 5.73 Å². The normalized spacial score (nSPS) is 19.7. The number of phenolic OH excluding ortho intramolecular Hbond substituents is 1. The Bertz CT molecular complexity index is 343. The molecule has 1 atom stereocenters. The summed E-state index contributed by atoms with van der Waals surface area (Å²) in [4.78, 5) is 0. The molecule has 0 amide bonds. The highest BCUT2D eigenvalue weighted by Crippen LogP contribution is 2.34. The molecule has 1 aromatic rings. The molecule has 0 spiro atoms. The standard InChI is InChI=1S/C10H12ClNO.BrH/c11-9-4-1-6-5-7(12)2-3-8(6)10(9)13;/h1,4,7,13H,2-3,5,12H2;1H. The van der Waals surface area contributed by atoms with Crippen LogP contribution in [-0.2, 0) is 12.8 Å². The van der Waals surface area contributed by atoms with E-state index >= 15 is 0 Å². The van der Waals surface area contributed by atoms with E-state index in [9.17, 15) is 5.11 Å². The van der Waals surface area contributed by atoms with E-state index in [1.807, 2.05) is 6.07 Å². The molecule has 14 heavy (non-hydrogen) atoms. The average Bonchev–Trinajstić information content (AvgIpc) is 2.12. The number of halogens is 2. The fourth-order valence-corrected chi connectivity index (χ4v) is 2.01. The van der Waals surface area contributed by atoms with Crippen LogP contribution in [0.4, 0.5) is 0 Å². The van der Waals surface area contributed by atoms with Gasteiger partial charge in [-0.15, -0.1) is 17.0 Å². The predicted octanol–water partition coefficient (Wildman–Crippen LogP) is 2.44. The fourth-order valence-electron chi connectivity index (χ4n) is 1.83. The molecule has 0 saturated heterocycles. The summed E-state index contributed by atoms with van der Waals surface area (Å²) in [5.41, 5.74) is 7.94. The minimum absolute atomic E-state index is 0. The number of nitrogens with two attached hydrogens (primary N) is 1. The van der Waals surface area contributed by atoms with E-state index in [1.54, 1.807) is 6.07 Å². The van der Waals surface area contributed by atoms with Gasteiger partial charge >= 0.3 is 0 Å². The van der Waals surface area contributed by atoms with Crippen LogP contribution in [0.15, 0.2) is 12.1 Å². The van der Waals surface area contributed by atoms with E-state index < -0.39 is 0 Å². The van der Waals surface area contributed by atoms with Crippen molar-refractivity contribution in [2.45, 2.75) is 25.3 Å². The van der Waals surface area contributed by atoms with E-state index in [-0.39, 0.29) is 28.8 Å². The molecule has 2 rings (SSSR count). The maximum Gasteiger partial charge on any atom is 0.137 e. The zero-order valence-corrected chi connectivity index (χ0v) is 10.1. The molecule has 0 fully saturated rings. The Morgan fingerprint density at radius 2 is 2.14 bits per heavy atom. The van der Waals surface area contributed by atoms with Gasteiger partial charge in [0.15, 0.2) is 0 Å². The molecule has 0 bridgehead atoms. The predicted molar refractivity (Wildman–Crippen MR) is 63.4 cm³/mol. The van der Waals surface area contributed by atoms with Gasteiger partial charge in [-0.25, -0.2) is 0 Å². The fraction of sp³-hybridized carbons (Fsp3) is 0.400. The van der Waals surface area contributed by atoms with Gasteiger partial charge in [0.25, 0.3) is 0 Å². The van der Waals surface area contributed by atoms with Crippen LogP contribution in [0.3, 0.4) is 0 Å².